The van der Waals surface area contributed by atoms with Crippen LogP contribution in [0.2, 0.25) is 0 Å². The normalized spacial score (nSPS) is 11.7. The van der Waals surface area contributed by atoms with E-state index in [1.165, 1.54) is 0 Å². The SMILES string of the molecule is COc1ccc([C@H](NC(=O)c2ccccc2)c2ccc3cccnc3c2O)c(OC)c1. The molecule has 4 aromatic rings. The number of phenolic OH excluding ortho intramolecular Hbond substituents is 1. The number of pyridine rings is 1. The molecule has 4 rings (SSSR count). The number of aromatic nitrogens is 1. The maximum absolute atomic E-state index is 13.0. The monoisotopic (exact) mass is 414 g/mol. The first-order valence-electron chi connectivity index (χ1n) is 9.77. The highest BCUT2D eigenvalue weighted by molar-refractivity contribution is 5.95. The van der Waals surface area contributed by atoms with E-state index < -0.39 is 6.04 Å². The Morgan fingerprint density at radius 1 is 0.935 bits per heavy atom. The van der Waals surface area contributed by atoms with Crippen molar-refractivity contribution in [2.45, 2.75) is 6.04 Å². The van der Waals surface area contributed by atoms with Gasteiger partial charge in [-0.3, -0.25) is 9.78 Å². The standard InChI is InChI=1S/C25H22N2O4/c1-30-18-11-13-19(21(15-18)31-2)23(27-25(29)17-7-4-3-5-8-17)20-12-10-16-9-6-14-26-22(16)24(20)28/h3-15,23,28H,1-2H3,(H,27,29)/t23-/m0/s1. The molecule has 1 amide bonds. The van der Waals surface area contributed by atoms with Crippen molar-refractivity contribution in [1.29, 1.82) is 0 Å². The van der Waals surface area contributed by atoms with Gasteiger partial charge in [-0.1, -0.05) is 36.4 Å². The van der Waals surface area contributed by atoms with Gasteiger partial charge in [0.25, 0.3) is 5.91 Å². The number of hydrogen-bond acceptors (Lipinski definition) is 5. The minimum absolute atomic E-state index is 0.00864. The summed E-state index contributed by atoms with van der Waals surface area (Å²) < 4.78 is 10.9. The van der Waals surface area contributed by atoms with Crippen molar-refractivity contribution in [3.8, 4) is 17.2 Å². The van der Waals surface area contributed by atoms with Crippen LogP contribution >= 0.6 is 0 Å². The Hall–Kier alpha value is -4.06. The molecule has 1 heterocycles. The molecule has 0 aliphatic carbocycles. The van der Waals surface area contributed by atoms with Crippen molar-refractivity contribution in [2.24, 2.45) is 0 Å². The van der Waals surface area contributed by atoms with Crippen molar-refractivity contribution in [2.75, 3.05) is 14.2 Å². The third-order valence-corrected chi connectivity index (χ3v) is 5.15. The van der Waals surface area contributed by atoms with Crippen molar-refractivity contribution in [3.63, 3.8) is 0 Å². The number of nitrogens with zero attached hydrogens (tertiary/aromatic N) is 1. The fourth-order valence-corrected chi connectivity index (χ4v) is 3.56. The highest BCUT2D eigenvalue weighted by Gasteiger charge is 2.25. The molecule has 1 atom stereocenters. The summed E-state index contributed by atoms with van der Waals surface area (Å²) in [5, 5.41) is 14.9. The summed E-state index contributed by atoms with van der Waals surface area (Å²) in [5.74, 6) is 0.884. The molecule has 6 heteroatoms. The van der Waals surface area contributed by atoms with Gasteiger partial charge in [-0.2, -0.15) is 0 Å². The second-order valence-corrected chi connectivity index (χ2v) is 6.96. The number of aromatic hydroxyl groups is 1. The lowest BCUT2D eigenvalue weighted by Gasteiger charge is -2.23. The molecule has 0 aliphatic rings. The maximum atomic E-state index is 13.0. The van der Waals surface area contributed by atoms with E-state index in [1.54, 1.807) is 62.9 Å². The van der Waals surface area contributed by atoms with Crippen LogP contribution in [0.25, 0.3) is 10.9 Å². The third-order valence-electron chi connectivity index (χ3n) is 5.15. The summed E-state index contributed by atoms with van der Waals surface area (Å²) in [4.78, 5) is 17.3. The van der Waals surface area contributed by atoms with Gasteiger partial charge in [-0.25, -0.2) is 0 Å². The molecular weight excluding hydrogens is 392 g/mol. The second kappa shape index (κ2) is 8.75. The van der Waals surface area contributed by atoms with Gasteiger partial charge >= 0.3 is 0 Å². The minimum atomic E-state index is -0.681. The fraction of sp³-hybridized carbons (Fsp3) is 0.120. The number of fused-ring (bicyclic) bond motifs is 1. The van der Waals surface area contributed by atoms with Gasteiger partial charge in [-0.15, -0.1) is 0 Å². The lowest BCUT2D eigenvalue weighted by Crippen LogP contribution is -2.29. The lowest BCUT2D eigenvalue weighted by atomic mass is 9.95. The second-order valence-electron chi connectivity index (χ2n) is 6.96. The van der Waals surface area contributed by atoms with E-state index in [2.05, 4.69) is 10.3 Å². The van der Waals surface area contributed by atoms with Gasteiger partial charge in [0.2, 0.25) is 0 Å². The van der Waals surface area contributed by atoms with Crippen LogP contribution in [0.3, 0.4) is 0 Å². The predicted molar refractivity (Wildman–Crippen MR) is 119 cm³/mol. The van der Waals surface area contributed by atoms with Gasteiger partial charge in [0.15, 0.2) is 0 Å². The van der Waals surface area contributed by atoms with Crippen molar-refractivity contribution < 1.29 is 19.4 Å². The Morgan fingerprint density at radius 3 is 2.45 bits per heavy atom. The number of ether oxygens (including phenoxy) is 2. The molecule has 0 fully saturated rings. The summed E-state index contributed by atoms with van der Waals surface area (Å²) >= 11 is 0. The third kappa shape index (κ3) is 4.00. The van der Waals surface area contributed by atoms with E-state index in [1.807, 2.05) is 30.3 Å². The first-order valence-corrected chi connectivity index (χ1v) is 9.77. The molecule has 1 aromatic heterocycles. The minimum Gasteiger partial charge on any atom is -0.505 e. The van der Waals surface area contributed by atoms with Gasteiger partial charge in [0.1, 0.15) is 22.8 Å². The zero-order chi connectivity index (χ0) is 21.8. The van der Waals surface area contributed by atoms with E-state index in [-0.39, 0.29) is 11.7 Å². The van der Waals surface area contributed by atoms with Crippen molar-refractivity contribution in [3.05, 3.63) is 95.7 Å². The molecule has 31 heavy (non-hydrogen) atoms. The van der Waals surface area contributed by atoms with E-state index in [0.717, 1.165) is 5.39 Å². The number of carbonyl (C=O) groups is 1. The summed E-state index contributed by atoms with van der Waals surface area (Å²) in [6, 6.07) is 20.9. The Bertz CT molecular complexity index is 1220. The number of hydrogen-bond donors (Lipinski definition) is 2. The molecule has 0 aliphatic heterocycles. The largest absolute Gasteiger partial charge is 0.505 e. The highest BCUT2D eigenvalue weighted by atomic mass is 16.5. The lowest BCUT2D eigenvalue weighted by molar-refractivity contribution is 0.0942. The number of carbonyl (C=O) groups excluding carboxylic acids is 1. The fourth-order valence-electron chi connectivity index (χ4n) is 3.56. The molecule has 0 spiro atoms. The zero-order valence-corrected chi connectivity index (χ0v) is 17.2. The summed E-state index contributed by atoms with van der Waals surface area (Å²) in [7, 11) is 3.13. The van der Waals surface area contributed by atoms with Crippen LogP contribution in [0.4, 0.5) is 0 Å². The molecule has 0 saturated heterocycles. The Balaban J connectivity index is 1.86. The molecule has 0 saturated carbocycles. The Morgan fingerprint density at radius 2 is 1.71 bits per heavy atom. The van der Waals surface area contributed by atoms with Crippen LogP contribution in [0.5, 0.6) is 17.2 Å². The first-order chi connectivity index (χ1) is 15.1. The molecular formula is C25H22N2O4. The molecule has 2 N–H and O–H groups in total. The van der Waals surface area contributed by atoms with Gasteiger partial charge in [0.05, 0.1) is 20.3 Å². The molecule has 156 valence electrons. The highest BCUT2D eigenvalue weighted by Crippen LogP contribution is 2.39. The molecule has 0 radical (unpaired) electrons. The van der Waals surface area contributed by atoms with E-state index in [0.29, 0.717) is 33.7 Å². The Kier molecular flexibility index (Phi) is 5.71. The van der Waals surface area contributed by atoms with Crippen LogP contribution in [0.15, 0.2) is 79.0 Å². The Labute approximate surface area is 180 Å². The molecule has 6 nitrogen and oxygen atoms in total. The number of rotatable bonds is 6. The predicted octanol–water partition coefficient (Wildman–Crippen LogP) is 4.48. The smallest absolute Gasteiger partial charge is 0.252 e. The number of amides is 1. The van der Waals surface area contributed by atoms with E-state index in [4.69, 9.17) is 9.47 Å². The van der Waals surface area contributed by atoms with E-state index >= 15 is 0 Å². The molecule has 0 bridgehead atoms. The maximum Gasteiger partial charge on any atom is 0.252 e. The average molecular weight is 414 g/mol. The summed E-state index contributed by atoms with van der Waals surface area (Å²) in [6.07, 6.45) is 1.62. The summed E-state index contributed by atoms with van der Waals surface area (Å²) in [6.45, 7) is 0. The van der Waals surface area contributed by atoms with Gasteiger partial charge in [-0.05, 0) is 30.3 Å². The van der Waals surface area contributed by atoms with Crippen LogP contribution in [-0.2, 0) is 0 Å². The van der Waals surface area contributed by atoms with Crippen LogP contribution < -0.4 is 14.8 Å². The topological polar surface area (TPSA) is 80.7 Å². The quantitative estimate of drug-likeness (QED) is 0.486. The van der Waals surface area contributed by atoms with Gasteiger partial charge in [0, 0.05) is 34.3 Å². The summed E-state index contributed by atoms with van der Waals surface area (Å²) in [5.41, 5.74) is 2.17. The number of nitrogens with one attached hydrogen (secondary N) is 1. The number of methoxy groups -OCH3 is 2. The molecule has 3 aromatic carbocycles. The first kappa shape index (κ1) is 20.2. The number of benzene rings is 3. The average Bonchev–Trinajstić information content (AvgIpc) is 2.83. The van der Waals surface area contributed by atoms with Crippen molar-refractivity contribution >= 4 is 16.8 Å². The van der Waals surface area contributed by atoms with Crippen molar-refractivity contribution in [1.82, 2.24) is 10.3 Å². The van der Waals surface area contributed by atoms with Crippen LogP contribution in [0, 0.1) is 0 Å². The number of phenols is 1. The zero-order valence-electron chi connectivity index (χ0n) is 17.2. The van der Waals surface area contributed by atoms with Crippen LogP contribution in [0.1, 0.15) is 27.5 Å². The van der Waals surface area contributed by atoms with E-state index in [9.17, 15) is 9.90 Å². The molecule has 0 unspecified atom stereocenters. The van der Waals surface area contributed by atoms with Crippen LogP contribution in [-0.4, -0.2) is 30.2 Å². The van der Waals surface area contributed by atoms with Gasteiger partial charge < -0.3 is 19.9 Å².